The van der Waals surface area contributed by atoms with E-state index in [0.717, 1.165) is 46.2 Å². The molecule has 3 aliphatic rings. The summed E-state index contributed by atoms with van der Waals surface area (Å²) in [6.45, 7) is 22.2. The van der Waals surface area contributed by atoms with E-state index in [1.807, 2.05) is 112 Å². The molecule has 7 heteroatoms. The fourth-order valence-corrected chi connectivity index (χ4v) is 6.86. The van der Waals surface area contributed by atoms with Crippen LogP contribution in [0, 0.1) is 11.8 Å². The van der Waals surface area contributed by atoms with Crippen LogP contribution in [-0.4, -0.2) is 31.2 Å². The lowest BCUT2D eigenvalue weighted by Crippen LogP contribution is -2.36. The molecule has 3 fully saturated rings. The Hall–Kier alpha value is -3.06. The SMILES string of the molecule is C1CCC(C2CCCCC2)CC1.CC.CC.CC.CC.CC.CNC(=O)Nc1ccc(Oc2ccc(-c3cnc(N4CCC4)s3)cc2)cc1. The third-order valence-electron chi connectivity index (χ3n) is 8.30. The van der Waals surface area contributed by atoms with Crippen LogP contribution in [0.4, 0.5) is 15.6 Å². The summed E-state index contributed by atoms with van der Waals surface area (Å²) in [7, 11) is 1.58. The minimum absolute atomic E-state index is 0.250. The molecule has 3 aromatic rings. The van der Waals surface area contributed by atoms with Crippen LogP contribution >= 0.6 is 11.3 Å². The monoisotopic (exact) mass is 697 g/mol. The van der Waals surface area contributed by atoms with Gasteiger partial charge in [-0.2, -0.15) is 0 Å². The van der Waals surface area contributed by atoms with Crippen molar-refractivity contribution in [2.75, 3.05) is 30.4 Å². The highest BCUT2D eigenvalue weighted by molar-refractivity contribution is 7.18. The molecule has 2 aromatic carbocycles. The molecule has 6 rings (SSSR count). The molecule has 2 aliphatic carbocycles. The number of carbonyl (C=O) groups excluding carboxylic acids is 1. The molecule has 1 aliphatic heterocycles. The Morgan fingerprint density at radius 2 is 1.12 bits per heavy atom. The number of rotatable bonds is 6. The van der Waals surface area contributed by atoms with Crippen molar-refractivity contribution in [3.8, 4) is 21.9 Å². The lowest BCUT2D eigenvalue weighted by atomic mass is 9.73. The maximum absolute atomic E-state index is 11.3. The highest BCUT2D eigenvalue weighted by atomic mass is 32.1. The highest BCUT2D eigenvalue weighted by Gasteiger charge is 2.24. The topological polar surface area (TPSA) is 66.5 Å². The minimum atomic E-state index is -0.250. The van der Waals surface area contributed by atoms with Crippen LogP contribution in [-0.2, 0) is 0 Å². The summed E-state index contributed by atoms with van der Waals surface area (Å²) in [6, 6.07) is 15.0. The van der Waals surface area contributed by atoms with E-state index in [1.54, 1.807) is 56.2 Å². The van der Waals surface area contributed by atoms with Crippen molar-refractivity contribution in [1.29, 1.82) is 0 Å². The Kier molecular flexibility index (Phi) is 28.0. The molecule has 0 bridgehead atoms. The van der Waals surface area contributed by atoms with Crippen LogP contribution in [0.1, 0.15) is 140 Å². The molecule has 2 amide bonds. The van der Waals surface area contributed by atoms with Crippen LogP contribution in [0.5, 0.6) is 11.5 Å². The van der Waals surface area contributed by atoms with Crippen molar-refractivity contribution in [2.24, 2.45) is 11.8 Å². The first-order chi connectivity index (χ1) is 24.2. The molecule has 1 aromatic heterocycles. The Bertz CT molecular complexity index is 1150. The van der Waals surface area contributed by atoms with Crippen molar-refractivity contribution in [1.82, 2.24) is 10.3 Å². The Morgan fingerprint density at radius 3 is 1.53 bits per heavy atom. The predicted octanol–water partition coefficient (Wildman–Crippen LogP) is 13.8. The van der Waals surface area contributed by atoms with Gasteiger partial charge in [0, 0.05) is 32.0 Å². The van der Waals surface area contributed by atoms with E-state index >= 15 is 0 Å². The van der Waals surface area contributed by atoms with E-state index in [2.05, 4.69) is 20.5 Å². The molecule has 6 nitrogen and oxygen atoms in total. The van der Waals surface area contributed by atoms with Gasteiger partial charge in [0.05, 0.1) is 4.88 Å². The van der Waals surface area contributed by atoms with Crippen LogP contribution in [0.3, 0.4) is 0 Å². The quantitative estimate of drug-likeness (QED) is 0.269. The van der Waals surface area contributed by atoms with Gasteiger partial charge in [-0.05, 0) is 72.4 Å². The van der Waals surface area contributed by atoms with Gasteiger partial charge in [0.2, 0.25) is 0 Å². The number of nitrogens with one attached hydrogen (secondary N) is 2. The maximum atomic E-state index is 11.3. The van der Waals surface area contributed by atoms with E-state index in [1.165, 1.54) is 44.9 Å². The lowest BCUT2D eigenvalue weighted by Gasteiger charge is -2.32. The molecular weight excluding hydrogens is 625 g/mol. The molecule has 0 unspecified atom stereocenters. The van der Waals surface area contributed by atoms with Gasteiger partial charge in [-0.3, -0.25) is 0 Å². The number of benzene rings is 2. The number of anilines is 2. The van der Waals surface area contributed by atoms with Crippen molar-refractivity contribution in [2.45, 2.75) is 140 Å². The molecule has 0 radical (unpaired) electrons. The zero-order valence-corrected chi connectivity index (χ0v) is 34.0. The number of ether oxygens (including phenoxy) is 1. The van der Waals surface area contributed by atoms with Crippen molar-refractivity contribution < 1.29 is 9.53 Å². The van der Waals surface area contributed by atoms with E-state index in [9.17, 15) is 4.79 Å². The van der Waals surface area contributed by atoms with Crippen LogP contribution in [0.2, 0.25) is 0 Å². The Balaban J connectivity index is 0.000000874. The zero-order valence-electron chi connectivity index (χ0n) is 33.2. The average Bonchev–Trinajstić information content (AvgIpc) is 3.66. The van der Waals surface area contributed by atoms with Crippen LogP contribution in [0.15, 0.2) is 54.7 Å². The summed E-state index contributed by atoms with van der Waals surface area (Å²) < 4.78 is 5.88. The average molecular weight is 697 g/mol. The first kappa shape index (κ1) is 45.9. The maximum Gasteiger partial charge on any atom is 0.318 e. The first-order valence-corrected chi connectivity index (χ1v) is 20.6. The fraction of sp³-hybridized carbons (Fsp3) is 0.619. The molecule has 2 heterocycles. The Morgan fingerprint density at radius 1 is 0.673 bits per heavy atom. The summed E-state index contributed by atoms with van der Waals surface area (Å²) in [6.07, 6.45) is 18.6. The third-order valence-corrected chi connectivity index (χ3v) is 9.41. The lowest BCUT2D eigenvalue weighted by molar-refractivity contribution is 0.196. The molecule has 2 N–H and O–H groups in total. The first-order valence-electron chi connectivity index (χ1n) is 19.8. The van der Waals surface area contributed by atoms with Gasteiger partial charge in [-0.25, -0.2) is 9.78 Å². The third kappa shape index (κ3) is 16.9. The van der Waals surface area contributed by atoms with Gasteiger partial charge >= 0.3 is 6.03 Å². The largest absolute Gasteiger partial charge is 0.457 e. The molecule has 2 saturated carbocycles. The smallest absolute Gasteiger partial charge is 0.318 e. The molecule has 49 heavy (non-hydrogen) atoms. The zero-order chi connectivity index (χ0) is 36.9. The normalized spacial score (nSPS) is 14.9. The summed E-state index contributed by atoms with van der Waals surface area (Å²) >= 11 is 1.72. The van der Waals surface area contributed by atoms with Gasteiger partial charge < -0.3 is 20.3 Å². The van der Waals surface area contributed by atoms with E-state index in [0.29, 0.717) is 11.4 Å². The highest BCUT2D eigenvalue weighted by Crippen LogP contribution is 2.38. The fourth-order valence-electron chi connectivity index (χ4n) is 5.89. The number of nitrogens with zero attached hydrogens (tertiary/aromatic N) is 2. The van der Waals surface area contributed by atoms with Crippen LogP contribution in [0.25, 0.3) is 10.4 Å². The second kappa shape index (κ2) is 29.8. The summed E-state index contributed by atoms with van der Waals surface area (Å²) in [5, 5.41) is 6.33. The number of urea groups is 1. The summed E-state index contributed by atoms with van der Waals surface area (Å²) in [5.74, 6) is 3.75. The second-order valence-electron chi connectivity index (χ2n) is 11.0. The standard InChI is InChI=1S/C20H20N4O2S.C12H22.5C2H6/c1-21-19(25)23-15-5-9-17(10-6-15)26-16-7-3-14(4-8-16)18-13-22-20(27-18)24-11-2-12-24;1-3-7-11(8-4-1)12-9-5-2-6-10-12;5*1-2/h3-10,13H,2,11-12H2,1H3,(H2,21,23,25);11-12H,1-10H2;5*1-2H3. The number of thiazole rings is 1. The molecule has 278 valence electrons. The van der Waals surface area contributed by atoms with E-state index in [4.69, 9.17) is 4.74 Å². The number of hydrogen-bond donors (Lipinski definition) is 2. The number of aromatic nitrogens is 1. The molecule has 1 saturated heterocycles. The molecular formula is C42H72N4O2S. The Labute approximate surface area is 305 Å². The van der Waals surface area contributed by atoms with Gasteiger partial charge in [0.15, 0.2) is 5.13 Å². The molecule has 0 spiro atoms. The second-order valence-corrected chi connectivity index (χ2v) is 12.0. The van der Waals surface area contributed by atoms with E-state index in [-0.39, 0.29) is 6.03 Å². The van der Waals surface area contributed by atoms with Crippen molar-refractivity contribution >= 4 is 28.2 Å². The van der Waals surface area contributed by atoms with Crippen LogP contribution < -0.4 is 20.3 Å². The van der Waals surface area contributed by atoms with Gasteiger partial charge in [-0.15, -0.1) is 0 Å². The number of hydrogen-bond acceptors (Lipinski definition) is 5. The van der Waals surface area contributed by atoms with Crippen molar-refractivity contribution in [3.05, 3.63) is 54.7 Å². The minimum Gasteiger partial charge on any atom is -0.457 e. The number of amides is 2. The molecule has 0 atom stereocenters. The van der Waals surface area contributed by atoms with Gasteiger partial charge in [-0.1, -0.05) is 145 Å². The summed E-state index contributed by atoms with van der Waals surface area (Å²) in [4.78, 5) is 19.3. The van der Waals surface area contributed by atoms with Gasteiger partial charge in [0.1, 0.15) is 11.5 Å². The number of carbonyl (C=O) groups is 1. The predicted molar refractivity (Wildman–Crippen MR) is 219 cm³/mol. The van der Waals surface area contributed by atoms with Crippen molar-refractivity contribution in [3.63, 3.8) is 0 Å². The van der Waals surface area contributed by atoms with E-state index < -0.39 is 0 Å². The summed E-state index contributed by atoms with van der Waals surface area (Å²) in [5.41, 5.74) is 1.84. The van der Waals surface area contributed by atoms with Gasteiger partial charge in [0.25, 0.3) is 0 Å².